The van der Waals surface area contributed by atoms with Gasteiger partial charge in [0, 0.05) is 10.3 Å². The molecule has 0 radical (unpaired) electrons. The Bertz CT molecular complexity index is 548. The minimum Gasteiger partial charge on any atom is -0.298 e. The van der Waals surface area contributed by atoms with Gasteiger partial charge in [-0.25, -0.2) is 0 Å². The van der Waals surface area contributed by atoms with Crippen LogP contribution in [-0.2, 0) is 0 Å². The number of aldehydes is 1. The Morgan fingerprint density at radius 1 is 1.50 bits per heavy atom. The Labute approximate surface area is 85.4 Å². The Hall–Kier alpha value is -1.66. The lowest BCUT2D eigenvalue weighted by atomic mass is 10.1. The number of carbonyl (C=O) groups is 1. The van der Waals surface area contributed by atoms with Crippen LogP contribution in [0.5, 0.6) is 0 Å². The van der Waals surface area contributed by atoms with Gasteiger partial charge in [0.1, 0.15) is 17.2 Å². The fraction of sp³-hybridized carbons (Fsp3) is 0.0909. The zero-order valence-corrected chi connectivity index (χ0v) is 8.39. The van der Waals surface area contributed by atoms with Gasteiger partial charge in [0.15, 0.2) is 0 Å². The summed E-state index contributed by atoms with van der Waals surface area (Å²) in [7, 11) is 0. The highest BCUT2D eigenvalue weighted by Gasteiger charge is 2.06. The average molecular weight is 201 g/mol. The van der Waals surface area contributed by atoms with E-state index in [0.717, 1.165) is 21.9 Å². The number of carbonyl (C=O) groups excluding carboxylic acids is 1. The summed E-state index contributed by atoms with van der Waals surface area (Å²) in [6.07, 6.45) is 0.846. The van der Waals surface area contributed by atoms with Gasteiger partial charge in [0.05, 0.1) is 0 Å². The molecular formula is C11H7NOS. The quantitative estimate of drug-likeness (QED) is 0.665. The maximum atomic E-state index is 10.7. The van der Waals surface area contributed by atoms with Crippen molar-refractivity contribution in [1.82, 2.24) is 0 Å². The Balaban J connectivity index is 2.83. The van der Waals surface area contributed by atoms with E-state index in [2.05, 4.69) is 6.07 Å². The molecule has 0 saturated carbocycles. The first kappa shape index (κ1) is 8.92. The number of benzene rings is 1. The summed E-state index contributed by atoms with van der Waals surface area (Å²) in [6, 6.07) is 7.63. The second-order valence-corrected chi connectivity index (χ2v) is 4.12. The number of hydrogen-bond acceptors (Lipinski definition) is 3. The van der Waals surface area contributed by atoms with E-state index in [1.54, 1.807) is 6.07 Å². The van der Waals surface area contributed by atoms with E-state index in [1.165, 1.54) is 11.3 Å². The highest BCUT2D eigenvalue weighted by molar-refractivity contribution is 7.19. The summed E-state index contributed by atoms with van der Waals surface area (Å²) in [5.74, 6) is 0. The van der Waals surface area contributed by atoms with Crippen LogP contribution < -0.4 is 0 Å². The predicted octanol–water partition coefficient (Wildman–Crippen LogP) is 2.89. The van der Waals surface area contributed by atoms with Gasteiger partial charge in [0.2, 0.25) is 0 Å². The van der Waals surface area contributed by atoms with E-state index >= 15 is 0 Å². The average Bonchev–Trinajstić information content (AvgIpc) is 2.62. The molecule has 14 heavy (non-hydrogen) atoms. The lowest BCUT2D eigenvalue weighted by Crippen LogP contribution is -1.84. The molecule has 0 aliphatic carbocycles. The molecule has 2 aromatic rings. The maximum absolute atomic E-state index is 10.7. The lowest BCUT2D eigenvalue weighted by molar-refractivity contribution is 0.112. The minimum absolute atomic E-state index is 0.686. The molecule has 0 atom stereocenters. The van der Waals surface area contributed by atoms with Gasteiger partial charge < -0.3 is 0 Å². The summed E-state index contributed by atoms with van der Waals surface area (Å²) >= 11 is 1.45. The molecule has 0 fully saturated rings. The van der Waals surface area contributed by atoms with Crippen molar-refractivity contribution < 1.29 is 4.79 Å². The molecule has 0 unspecified atom stereocenters. The summed E-state index contributed by atoms with van der Waals surface area (Å²) in [4.78, 5) is 11.4. The second-order valence-electron chi connectivity index (χ2n) is 3.03. The molecule has 68 valence electrons. The molecule has 0 bridgehead atoms. The number of hydrogen-bond donors (Lipinski definition) is 0. The van der Waals surface area contributed by atoms with Gasteiger partial charge in [-0.3, -0.25) is 4.79 Å². The SMILES string of the molecule is Cc1c(C=O)ccc2sc(C#N)cc12. The number of aryl methyl sites for hydroxylation is 1. The largest absolute Gasteiger partial charge is 0.298 e. The van der Waals surface area contributed by atoms with Gasteiger partial charge >= 0.3 is 0 Å². The zero-order chi connectivity index (χ0) is 10.1. The van der Waals surface area contributed by atoms with Crippen LogP contribution >= 0.6 is 11.3 Å². The van der Waals surface area contributed by atoms with Gasteiger partial charge in [-0.2, -0.15) is 5.26 Å². The summed E-state index contributed by atoms with van der Waals surface area (Å²) in [5, 5.41) is 9.76. The van der Waals surface area contributed by atoms with Crippen LogP contribution in [-0.4, -0.2) is 6.29 Å². The zero-order valence-electron chi connectivity index (χ0n) is 7.57. The molecule has 1 aromatic carbocycles. The molecule has 0 saturated heterocycles. The Kier molecular flexibility index (Phi) is 2.06. The van der Waals surface area contributed by atoms with Gasteiger partial charge in [-0.1, -0.05) is 0 Å². The van der Waals surface area contributed by atoms with E-state index in [1.807, 2.05) is 19.1 Å². The molecule has 0 spiro atoms. The third kappa shape index (κ3) is 1.21. The van der Waals surface area contributed by atoms with Crippen LogP contribution in [0.15, 0.2) is 18.2 Å². The first-order chi connectivity index (χ1) is 6.76. The van der Waals surface area contributed by atoms with Crippen molar-refractivity contribution in [2.24, 2.45) is 0 Å². The van der Waals surface area contributed by atoms with Crippen molar-refractivity contribution in [1.29, 1.82) is 5.26 Å². The third-order valence-electron chi connectivity index (χ3n) is 2.25. The topological polar surface area (TPSA) is 40.9 Å². The number of thiophene rings is 1. The van der Waals surface area contributed by atoms with Gasteiger partial charge in [-0.15, -0.1) is 11.3 Å². The molecule has 0 amide bonds. The van der Waals surface area contributed by atoms with Crippen molar-refractivity contribution in [3.05, 3.63) is 34.2 Å². The summed E-state index contributed by atoms with van der Waals surface area (Å²) < 4.78 is 1.06. The van der Waals surface area contributed by atoms with Crippen LogP contribution in [0.25, 0.3) is 10.1 Å². The number of fused-ring (bicyclic) bond motifs is 1. The first-order valence-electron chi connectivity index (χ1n) is 4.14. The standard InChI is InChI=1S/C11H7NOS/c1-7-8(6-13)2-3-11-10(7)4-9(5-12)14-11/h2-4,6H,1H3. The van der Waals surface area contributed by atoms with E-state index < -0.39 is 0 Å². The van der Waals surface area contributed by atoms with Crippen molar-refractivity contribution >= 4 is 27.7 Å². The minimum atomic E-state index is 0.686. The predicted molar refractivity (Wildman–Crippen MR) is 56.7 cm³/mol. The fourth-order valence-corrected chi connectivity index (χ4v) is 2.37. The molecule has 3 heteroatoms. The van der Waals surface area contributed by atoms with Crippen LogP contribution in [0.4, 0.5) is 0 Å². The van der Waals surface area contributed by atoms with Gasteiger partial charge in [-0.05, 0) is 36.1 Å². The van der Waals surface area contributed by atoms with Gasteiger partial charge in [0.25, 0.3) is 0 Å². The van der Waals surface area contributed by atoms with E-state index in [4.69, 9.17) is 5.26 Å². The van der Waals surface area contributed by atoms with Crippen molar-refractivity contribution in [2.75, 3.05) is 0 Å². The van der Waals surface area contributed by atoms with Crippen LogP contribution in [0.2, 0.25) is 0 Å². The van der Waals surface area contributed by atoms with Crippen molar-refractivity contribution in [2.45, 2.75) is 6.92 Å². The third-order valence-corrected chi connectivity index (χ3v) is 3.25. The summed E-state index contributed by atoms with van der Waals surface area (Å²) in [5.41, 5.74) is 1.65. The van der Waals surface area contributed by atoms with E-state index in [0.29, 0.717) is 10.4 Å². The normalized spacial score (nSPS) is 10.0. The number of rotatable bonds is 1. The first-order valence-corrected chi connectivity index (χ1v) is 4.96. The number of nitriles is 1. The molecule has 2 nitrogen and oxygen atoms in total. The Morgan fingerprint density at radius 3 is 2.93 bits per heavy atom. The van der Waals surface area contributed by atoms with E-state index in [-0.39, 0.29) is 0 Å². The van der Waals surface area contributed by atoms with Crippen LogP contribution in [0, 0.1) is 18.3 Å². The Morgan fingerprint density at radius 2 is 2.29 bits per heavy atom. The highest BCUT2D eigenvalue weighted by atomic mass is 32.1. The smallest absolute Gasteiger partial charge is 0.150 e. The van der Waals surface area contributed by atoms with E-state index in [9.17, 15) is 4.79 Å². The van der Waals surface area contributed by atoms with Crippen LogP contribution in [0.3, 0.4) is 0 Å². The molecule has 0 aliphatic heterocycles. The molecular weight excluding hydrogens is 194 g/mol. The van der Waals surface area contributed by atoms with Crippen LogP contribution in [0.1, 0.15) is 20.8 Å². The molecule has 1 aromatic heterocycles. The lowest BCUT2D eigenvalue weighted by Gasteiger charge is -1.98. The maximum Gasteiger partial charge on any atom is 0.150 e. The second kappa shape index (κ2) is 3.24. The molecule has 2 rings (SSSR count). The summed E-state index contributed by atoms with van der Waals surface area (Å²) in [6.45, 7) is 1.90. The van der Waals surface area contributed by atoms with Crippen molar-refractivity contribution in [3.8, 4) is 6.07 Å². The number of nitrogens with zero attached hydrogens (tertiary/aromatic N) is 1. The molecule has 0 aliphatic rings. The van der Waals surface area contributed by atoms with Crippen molar-refractivity contribution in [3.63, 3.8) is 0 Å². The molecule has 1 heterocycles. The monoisotopic (exact) mass is 201 g/mol. The molecule has 0 N–H and O–H groups in total. The fourth-order valence-electron chi connectivity index (χ4n) is 1.45. The highest BCUT2D eigenvalue weighted by Crippen LogP contribution is 2.28.